The summed E-state index contributed by atoms with van der Waals surface area (Å²) in [6.07, 6.45) is 1.59. The maximum absolute atomic E-state index is 13.6. The Morgan fingerprint density at radius 3 is 2.59 bits per heavy atom. The van der Waals surface area contributed by atoms with Crippen LogP contribution >= 0.6 is 0 Å². The van der Waals surface area contributed by atoms with E-state index in [2.05, 4.69) is 11.8 Å². The largest absolute Gasteiger partial charge is 0.497 e. The van der Waals surface area contributed by atoms with Crippen LogP contribution in [-0.2, 0) is 22.9 Å². The first-order valence-electron chi connectivity index (χ1n) is 9.29. The van der Waals surface area contributed by atoms with Gasteiger partial charge in [-0.3, -0.25) is 0 Å². The molecular formula is C21H24N2O3S. The second-order valence-electron chi connectivity index (χ2n) is 6.83. The number of hydrogen-bond donors (Lipinski definition) is 0. The molecule has 4 rings (SSSR count). The first-order valence-corrected chi connectivity index (χ1v) is 10.7. The molecule has 0 spiro atoms. The number of likely N-dealkylation sites (N-methyl/N-ethyl adjacent to an activating group) is 1. The summed E-state index contributed by atoms with van der Waals surface area (Å²) in [7, 11) is -2.17. The van der Waals surface area contributed by atoms with Gasteiger partial charge in [-0.1, -0.05) is 31.2 Å². The van der Waals surface area contributed by atoms with E-state index in [-0.39, 0.29) is 4.90 Å². The van der Waals surface area contributed by atoms with Crippen molar-refractivity contribution in [3.05, 3.63) is 59.8 Å². The Morgan fingerprint density at radius 1 is 1.04 bits per heavy atom. The number of methoxy groups -OCH3 is 1. The minimum atomic E-state index is -3.72. The summed E-state index contributed by atoms with van der Waals surface area (Å²) in [5, 5.41) is 1.04. The van der Waals surface area contributed by atoms with Crippen molar-refractivity contribution in [3.63, 3.8) is 0 Å². The lowest BCUT2D eigenvalue weighted by molar-refractivity contribution is 0.303. The quantitative estimate of drug-likeness (QED) is 0.693. The summed E-state index contributed by atoms with van der Waals surface area (Å²) in [5.41, 5.74) is 2.83. The zero-order valence-corrected chi connectivity index (χ0v) is 16.5. The molecule has 0 radical (unpaired) electrons. The number of ether oxygens (including phenoxy) is 1. The van der Waals surface area contributed by atoms with Crippen molar-refractivity contribution in [3.8, 4) is 5.75 Å². The van der Waals surface area contributed by atoms with Gasteiger partial charge >= 0.3 is 0 Å². The van der Waals surface area contributed by atoms with Crippen LogP contribution in [0, 0.1) is 0 Å². The first-order chi connectivity index (χ1) is 13.1. The molecule has 0 saturated carbocycles. The van der Waals surface area contributed by atoms with Gasteiger partial charge < -0.3 is 9.64 Å². The van der Waals surface area contributed by atoms with Gasteiger partial charge in [0, 0.05) is 36.7 Å². The third kappa shape index (κ3) is 3.03. The summed E-state index contributed by atoms with van der Waals surface area (Å²) >= 11 is 0. The molecule has 0 N–H and O–H groups in total. The van der Waals surface area contributed by atoms with Crippen LogP contribution in [0.1, 0.15) is 18.2 Å². The van der Waals surface area contributed by atoms with E-state index in [9.17, 15) is 8.42 Å². The molecule has 1 aliphatic rings. The Kier molecular flexibility index (Phi) is 4.70. The maximum atomic E-state index is 13.6. The molecular weight excluding hydrogens is 360 g/mol. The molecule has 3 aromatic rings. The number of hydrogen-bond acceptors (Lipinski definition) is 4. The van der Waals surface area contributed by atoms with Crippen molar-refractivity contribution < 1.29 is 13.2 Å². The molecule has 6 heteroatoms. The average Bonchev–Trinajstić information content (AvgIpc) is 2.87. The number of nitrogens with zero attached hydrogens (tertiary/aromatic N) is 2. The van der Waals surface area contributed by atoms with Gasteiger partial charge in [-0.25, -0.2) is 12.4 Å². The molecule has 0 atom stereocenters. The monoisotopic (exact) mass is 384 g/mol. The lowest BCUT2D eigenvalue weighted by Crippen LogP contribution is -2.26. The molecule has 2 aromatic carbocycles. The lowest BCUT2D eigenvalue weighted by Gasteiger charge is -2.17. The highest BCUT2D eigenvalue weighted by Gasteiger charge is 2.28. The van der Waals surface area contributed by atoms with Crippen molar-refractivity contribution in [1.29, 1.82) is 0 Å². The van der Waals surface area contributed by atoms with Gasteiger partial charge in [-0.15, -0.1) is 0 Å². The van der Waals surface area contributed by atoms with Crippen molar-refractivity contribution in [2.24, 2.45) is 0 Å². The number of aromatic nitrogens is 1. The highest BCUT2D eigenvalue weighted by atomic mass is 32.2. The van der Waals surface area contributed by atoms with E-state index < -0.39 is 10.0 Å². The molecule has 1 aliphatic heterocycles. The predicted octanol–water partition coefficient (Wildman–Crippen LogP) is 3.31. The molecule has 0 saturated heterocycles. The number of rotatable bonds is 4. The van der Waals surface area contributed by atoms with Crippen LogP contribution in [0.25, 0.3) is 10.9 Å². The van der Waals surface area contributed by atoms with Crippen molar-refractivity contribution in [1.82, 2.24) is 8.87 Å². The number of fused-ring (bicyclic) bond motifs is 3. The van der Waals surface area contributed by atoms with Crippen molar-refractivity contribution in [2.75, 3.05) is 26.7 Å². The van der Waals surface area contributed by atoms with Crippen molar-refractivity contribution >= 4 is 20.9 Å². The predicted molar refractivity (Wildman–Crippen MR) is 107 cm³/mol. The highest BCUT2D eigenvalue weighted by Crippen LogP contribution is 2.33. The first kappa shape index (κ1) is 18.1. The van der Waals surface area contributed by atoms with Crippen LogP contribution in [0.15, 0.2) is 53.4 Å². The summed E-state index contributed by atoms with van der Waals surface area (Å²) in [6, 6.07) is 14.5. The van der Waals surface area contributed by atoms with Crippen LogP contribution in [0.2, 0.25) is 0 Å². The van der Waals surface area contributed by atoms with Crippen molar-refractivity contribution in [2.45, 2.75) is 24.7 Å². The zero-order valence-electron chi connectivity index (χ0n) is 15.7. The average molecular weight is 385 g/mol. The smallest absolute Gasteiger partial charge is 0.268 e. The standard InChI is InChI=1S/C21H24N2O3S/c1-3-22-13-11-19-18-9-4-5-10-20(18)23(21(19)12-14-22)27(24,25)17-8-6-7-16(15-17)26-2/h4-10,15H,3,11-14H2,1-2H3. The molecule has 0 bridgehead atoms. The van der Waals surface area contributed by atoms with Crippen LogP contribution in [0.4, 0.5) is 0 Å². The van der Waals surface area contributed by atoms with E-state index in [1.807, 2.05) is 24.3 Å². The second-order valence-corrected chi connectivity index (χ2v) is 8.61. The van der Waals surface area contributed by atoms with Gasteiger partial charge in [0.15, 0.2) is 0 Å². The fourth-order valence-corrected chi connectivity index (χ4v) is 5.60. The van der Waals surface area contributed by atoms with E-state index in [0.717, 1.165) is 54.6 Å². The Labute approximate surface area is 160 Å². The molecule has 0 fully saturated rings. The summed E-state index contributed by atoms with van der Waals surface area (Å²) in [6.45, 7) is 4.95. The third-order valence-corrected chi connectivity index (χ3v) is 7.16. The van der Waals surface area contributed by atoms with Crippen LogP contribution in [0.3, 0.4) is 0 Å². The molecule has 1 aromatic heterocycles. The number of para-hydroxylation sites is 1. The van der Waals surface area contributed by atoms with Gasteiger partial charge in [0.1, 0.15) is 5.75 Å². The summed E-state index contributed by atoms with van der Waals surface area (Å²) < 4.78 is 34.0. The van der Waals surface area contributed by atoms with E-state index >= 15 is 0 Å². The van der Waals surface area contributed by atoms with Gasteiger partial charge in [-0.2, -0.15) is 0 Å². The minimum Gasteiger partial charge on any atom is -0.497 e. The Morgan fingerprint density at radius 2 is 1.81 bits per heavy atom. The highest BCUT2D eigenvalue weighted by molar-refractivity contribution is 7.90. The maximum Gasteiger partial charge on any atom is 0.268 e. The fraction of sp³-hybridized carbons (Fsp3) is 0.333. The fourth-order valence-electron chi connectivity index (χ4n) is 3.96. The Hall–Kier alpha value is -2.31. The summed E-state index contributed by atoms with van der Waals surface area (Å²) in [5.74, 6) is 0.538. The molecule has 5 nitrogen and oxygen atoms in total. The minimum absolute atomic E-state index is 0.252. The Bertz CT molecular complexity index is 1090. The Balaban J connectivity index is 1.95. The normalized spacial score (nSPS) is 15.5. The SMILES string of the molecule is CCN1CCc2c(n(S(=O)(=O)c3cccc(OC)c3)c3ccccc23)CC1. The number of benzene rings is 2. The van der Waals surface area contributed by atoms with E-state index in [1.165, 1.54) is 0 Å². The molecule has 142 valence electrons. The zero-order chi connectivity index (χ0) is 19.0. The van der Waals surface area contributed by atoms with E-state index in [1.54, 1.807) is 35.3 Å². The van der Waals surface area contributed by atoms with Gasteiger partial charge in [0.05, 0.1) is 17.5 Å². The molecule has 27 heavy (non-hydrogen) atoms. The van der Waals surface area contributed by atoms with Crippen LogP contribution in [-0.4, -0.2) is 44.0 Å². The summed E-state index contributed by atoms with van der Waals surface area (Å²) in [4.78, 5) is 2.62. The van der Waals surface area contributed by atoms with Gasteiger partial charge in [0.25, 0.3) is 10.0 Å². The van der Waals surface area contributed by atoms with Gasteiger partial charge in [0.2, 0.25) is 0 Å². The lowest BCUT2D eigenvalue weighted by atomic mass is 10.1. The molecule has 0 amide bonds. The van der Waals surface area contributed by atoms with Crippen LogP contribution < -0.4 is 4.74 Å². The van der Waals surface area contributed by atoms with E-state index in [4.69, 9.17) is 4.74 Å². The third-order valence-electron chi connectivity index (χ3n) is 5.41. The van der Waals surface area contributed by atoms with Gasteiger partial charge in [-0.05, 0) is 36.7 Å². The van der Waals surface area contributed by atoms with Crippen LogP contribution in [0.5, 0.6) is 5.75 Å². The molecule has 0 aliphatic carbocycles. The molecule has 2 heterocycles. The topological polar surface area (TPSA) is 51.5 Å². The van der Waals surface area contributed by atoms with E-state index in [0.29, 0.717) is 5.75 Å². The molecule has 0 unspecified atom stereocenters. The second kappa shape index (κ2) is 7.02.